The van der Waals surface area contributed by atoms with Gasteiger partial charge in [0.2, 0.25) is 0 Å². The zero-order valence-electron chi connectivity index (χ0n) is 11.0. The highest BCUT2D eigenvalue weighted by molar-refractivity contribution is 5.29. The van der Waals surface area contributed by atoms with Gasteiger partial charge in [-0.1, -0.05) is 49.6 Å². The second kappa shape index (κ2) is 5.49. The molecule has 0 aliphatic rings. The van der Waals surface area contributed by atoms with Gasteiger partial charge >= 0.3 is 0 Å². The van der Waals surface area contributed by atoms with Gasteiger partial charge in [-0.3, -0.25) is 0 Å². The molecule has 0 bridgehead atoms. The SMILES string of the molecule is CCCC(O)(CC)Cc1cc(C)cc(C)c1. The van der Waals surface area contributed by atoms with Crippen molar-refractivity contribution in [3.05, 3.63) is 34.9 Å². The van der Waals surface area contributed by atoms with Gasteiger partial charge in [0.1, 0.15) is 0 Å². The summed E-state index contributed by atoms with van der Waals surface area (Å²) in [6, 6.07) is 6.54. The minimum absolute atomic E-state index is 0.519. The van der Waals surface area contributed by atoms with E-state index in [0.717, 1.165) is 25.7 Å². The van der Waals surface area contributed by atoms with Crippen LogP contribution in [0.4, 0.5) is 0 Å². The Morgan fingerprint density at radius 1 is 1.06 bits per heavy atom. The molecule has 1 aromatic carbocycles. The van der Waals surface area contributed by atoms with Gasteiger partial charge in [0, 0.05) is 6.42 Å². The molecular formula is C15H24O. The first-order valence-electron chi connectivity index (χ1n) is 6.28. The molecule has 1 N–H and O–H groups in total. The third-order valence-corrected chi connectivity index (χ3v) is 3.19. The van der Waals surface area contributed by atoms with Gasteiger partial charge in [-0.2, -0.15) is 0 Å². The van der Waals surface area contributed by atoms with E-state index in [1.165, 1.54) is 16.7 Å². The zero-order valence-corrected chi connectivity index (χ0v) is 11.0. The predicted octanol–water partition coefficient (Wildman–Crippen LogP) is 3.79. The van der Waals surface area contributed by atoms with Crippen LogP contribution in [-0.4, -0.2) is 10.7 Å². The summed E-state index contributed by atoms with van der Waals surface area (Å²) < 4.78 is 0. The molecule has 1 heteroatoms. The second-order valence-electron chi connectivity index (χ2n) is 5.00. The summed E-state index contributed by atoms with van der Waals surface area (Å²) >= 11 is 0. The summed E-state index contributed by atoms with van der Waals surface area (Å²) in [4.78, 5) is 0. The van der Waals surface area contributed by atoms with Crippen molar-refractivity contribution in [1.29, 1.82) is 0 Å². The first-order chi connectivity index (χ1) is 7.49. The Hall–Kier alpha value is -0.820. The average Bonchev–Trinajstić information content (AvgIpc) is 2.16. The number of rotatable bonds is 5. The quantitative estimate of drug-likeness (QED) is 0.800. The standard InChI is InChI=1S/C15H24O/c1-5-7-15(16,6-2)11-14-9-12(3)8-13(4)10-14/h8-10,16H,5-7,11H2,1-4H3. The van der Waals surface area contributed by atoms with Crippen LogP contribution in [0.5, 0.6) is 0 Å². The Balaban J connectivity index is 2.85. The third-order valence-electron chi connectivity index (χ3n) is 3.19. The zero-order chi connectivity index (χ0) is 12.2. The van der Waals surface area contributed by atoms with E-state index in [2.05, 4.69) is 45.9 Å². The molecule has 1 aromatic rings. The van der Waals surface area contributed by atoms with Crippen molar-refractivity contribution < 1.29 is 5.11 Å². The van der Waals surface area contributed by atoms with E-state index in [0.29, 0.717) is 0 Å². The van der Waals surface area contributed by atoms with Crippen LogP contribution in [0, 0.1) is 13.8 Å². The highest BCUT2D eigenvalue weighted by atomic mass is 16.3. The molecule has 1 unspecified atom stereocenters. The van der Waals surface area contributed by atoms with Crippen molar-refractivity contribution in [2.24, 2.45) is 0 Å². The number of hydrogen-bond donors (Lipinski definition) is 1. The first kappa shape index (κ1) is 13.2. The van der Waals surface area contributed by atoms with Gasteiger partial charge in [-0.25, -0.2) is 0 Å². The van der Waals surface area contributed by atoms with Crippen LogP contribution in [0.1, 0.15) is 49.8 Å². The van der Waals surface area contributed by atoms with Gasteiger partial charge in [-0.05, 0) is 32.3 Å². The first-order valence-corrected chi connectivity index (χ1v) is 6.28. The molecule has 0 saturated heterocycles. The molecule has 0 aliphatic heterocycles. The van der Waals surface area contributed by atoms with Gasteiger partial charge in [0.15, 0.2) is 0 Å². The summed E-state index contributed by atoms with van der Waals surface area (Å²) in [6.07, 6.45) is 3.53. The van der Waals surface area contributed by atoms with Crippen LogP contribution in [0.2, 0.25) is 0 Å². The Labute approximate surface area is 99.5 Å². The molecule has 0 radical (unpaired) electrons. The molecule has 0 aromatic heterocycles. The van der Waals surface area contributed by atoms with E-state index < -0.39 is 5.60 Å². The average molecular weight is 220 g/mol. The van der Waals surface area contributed by atoms with Crippen LogP contribution >= 0.6 is 0 Å². The number of hydrogen-bond acceptors (Lipinski definition) is 1. The summed E-state index contributed by atoms with van der Waals surface area (Å²) in [5.74, 6) is 0. The molecule has 0 aliphatic carbocycles. The van der Waals surface area contributed by atoms with E-state index in [1.807, 2.05) is 0 Å². The molecule has 90 valence electrons. The highest BCUT2D eigenvalue weighted by Gasteiger charge is 2.23. The van der Waals surface area contributed by atoms with Crippen LogP contribution in [-0.2, 0) is 6.42 Å². The summed E-state index contributed by atoms with van der Waals surface area (Å²) in [5.41, 5.74) is 3.31. The lowest BCUT2D eigenvalue weighted by Gasteiger charge is -2.26. The third kappa shape index (κ3) is 3.64. The van der Waals surface area contributed by atoms with Gasteiger partial charge < -0.3 is 5.11 Å². The van der Waals surface area contributed by atoms with Crippen molar-refractivity contribution in [3.63, 3.8) is 0 Å². The van der Waals surface area contributed by atoms with E-state index in [4.69, 9.17) is 0 Å². The second-order valence-corrected chi connectivity index (χ2v) is 5.00. The lowest BCUT2D eigenvalue weighted by molar-refractivity contribution is 0.0271. The molecule has 1 atom stereocenters. The largest absolute Gasteiger partial charge is 0.390 e. The van der Waals surface area contributed by atoms with Crippen LogP contribution in [0.15, 0.2) is 18.2 Å². The number of aliphatic hydroxyl groups is 1. The Kier molecular flexibility index (Phi) is 4.55. The van der Waals surface area contributed by atoms with Crippen molar-refractivity contribution in [2.45, 2.75) is 59.0 Å². The van der Waals surface area contributed by atoms with Gasteiger partial charge in [-0.15, -0.1) is 0 Å². The Bertz CT molecular complexity index is 323. The molecule has 0 saturated carbocycles. The van der Waals surface area contributed by atoms with E-state index in [9.17, 15) is 5.11 Å². The Morgan fingerprint density at radius 3 is 2.06 bits per heavy atom. The fourth-order valence-corrected chi connectivity index (χ4v) is 2.41. The van der Waals surface area contributed by atoms with Crippen LogP contribution < -0.4 is 0 Å². The molecule has 0 amide bonds. The molecule has 0 spiro atoms. The minimum Gasteiger partial charge on any atom is -0.390 e. The maximum absolute atomic E-state index is 10.5. The monoisotopic (exact) mass is 220 g/mol. The number of benzene rings is 1. The highest BCUT2D eigenvalue weighted by Crippen LogP contribution is 2.23. The minimum atomic E-state index is -0.519. The molecule has 16 heavy (non-hydrogen) atoms. The van der Waals surface area contributed by atoms with Crippen LogP contribution in [0.3, 0.4) is 0 Å². The lowest BCUT2D eigenvalue weighted by atomic mass is 9.87. The van der Waals surface area contributed by atoms with Crippen molar-refractivity contribution in [2.75, 3.05) is 0 Å². The normalized spacial score (nSPS) is 14.8. The lowest BCUT2D eigenvalue weighted by Crippen LogP contribution is -2.30. The molecular weight excluding hydrogens is 196 g/mol. The van der Waals surface area contributed by atoms with E-state index >= 15 is 0 Å². The molecule has 0 heterocycles. The number of aryl methyl sites for hydroxylation is 2. The molecule has 0 fully saturated rings. The van der Waals surface area contributed by atoms with Gasteiger partial charge in [0.25, 0.3) is 0 Å². The summed E-state index contributed by atoms with van der Waals surface area (Å²) in [5, 5.41) is 10.5. The fourth-order valence-electron chi connectivity index (χ4n) is 2.41. The predicted molar refractivity (Wildman–Crippen MR) is 69.8 cm³/mol. The van der Waals surface area contributed by atoms with Gasteiger partial charge in [0.05, 0.1) is 5.60 Å². The van der Waals surface area contributed by atoms with Crippen molar-refractivity contribution >= 4 is 0 Å². The van der Waals surface area contributed by atoms with Crippen molar-refractivity contribution in [3.8, 4) is 0 Å². The van der Waals surface area contributed by atoms with Crippen molar-refractivity contribution in [1.82, 2.24) is 0 Å². The van der Waals surface area contributed by atoms with Crippen LogP contribution in [0.25, 0.3) is 0 Å². The maximum atomic E-state index is 10.5. The van der Waals surface area contributed by atoms with E-state index in [-0.39, 0.29) is 0 Å². The molecule has 1 rings (SSSR count). The topological polar surface area (TPSA) is 20.2 Å². The van der Waals surface area contributed by atoms with E-state index in [1.54, 1.807) is 0 Å². The Morgan fingerprint density at radius 2 is 1.62 bits per heavy atom. The summed E-state index contributed by atoms with van der Waals surface area (Å²) in [6.45, 7) is 8.42. The summed E-state index contributed by atoms with van der Waals surface area (Å²) in [7, 11) is 0. The fraction of sp³-hybridized carbons (Fsp3) is 0.600. The molecule has 1 nitrogen and oxygen atoms in total. The smallest absolute Gasteiger partial charge is 0.0685 e. The maximum Gasteiger partial charge on any atom is 0.0685 e.